The zero-order chi connectivity index (χ0) is 25.0. The number of anilines is 1. The molecule has 182 valence electrons. The van der Waals surface area contributed by atoms with E-state index in [1.807, 2.05) is 41.6 Å². The molecule has 0 aliphatic carbocycles. The van der Waals surface area contributed by atoms with Gasteiger partial charge in [-0.15, -0.1) is 0 Å². The Morgan fingerprint density at radius 2 is 2.00 bits per heavy atom. The summed E-state index contributed by atoms with van der Waals surface area (Å²) in [6, 6.07) is 10.3. The molecule has 1 aliphatic rings. The van der Waals surface area contributed by atoms with Crippen LogP contribution in [0.2, 0.25) is 0 Å². The van der Waals surface area contributed by atoms with E-state index in [1.165, 1.54) is 0 Å². The van der Waals surface area contributed by atoms with E-state index in [2.05, 4.69) is 66.3 Å². The summed E-state index contributed by atoms with van der Waals surface area (Å²) < 4.78 is 3.69. The van der Waals surface area contributed by atoms with Crippen LogP contribution in [0.5, 0.6) is 0 Å². The summed E-state index contributed by atoms with van der Waals surface area (Å²) in [4.78, 5) is 26.1. The van der Waals surface area contributed by atoms with Crippen molar-refractivity contribution < 1.29 is 0 Å². The predicted molar refractivity (Wildman–Crippen MR) is 142 cm³/mol. The second-order valence-electron chi connectivity index (χ2n) is 10.5. The van der Waals surface area contributed by atoms with Crippen molar-refractivity contribution in [3.05, 3.63) is 82.8 Å². The second-order valence-corrected chi connectivity index (χ2v) is 10.5. The molecule has 8 nitrogen and oxygen atoms in total. The first-order chi connectivity index (χ1) is 17.3. The molecule has 5 heterocycles. The van der Waals surface area contributed by atoms with Gasteiger partial charge in [-0.05, 0) is 49.1 Å². The lowest BCUT2D eigenvalue weighted by molar-refractivity contribution is 0.515. The number of aromatic nitrogens is 6. The van der Waals surface area contributed by atoms with Crippen molar-refractivity contribution in [2.24, 2.45) is 0 Å². The van der Waals surface area contributed by atoms with Gasteiger partial charge in [0.05, 0.1) is 30.5 Å². The van der Waals surface area contributed by atoms with E-state index in [9.17, 15) is 4.79 Å². The summed E-state index contributed by atoms with van der Waals surface area (Å²) in [7, 11) is 0. The van der Waals surface area contributed by atoms with Crippen molar-refractivity contribution in [3.8, 4) is 22.4 Å². The molecule has 0 unspecified atom stereocenters. The lowest BCUT2D eigenvalue weighted by Gasteiger charge is -2.15. The maximum atomic E-state index is 13.5. The van der Waals surface area contributed by atoms with Crippen LogP contribution < -0.4 is 10.9 Å². The van der Waals surface area contributed by atoms with Gasteiger partial charge in [0.25, 0.3) is 5.56 Å². The zero-order valence-corrected chi connectivity index (χ0v) is 20.9. The molecular weight excluding hydrogens is 450 g/mol. The predicted octanol–water partition coefficient (Wildman–Crippen LogP) is 5.03. The highest BCUT2D eigenvalue weighted by Gasteiger charge is 2.32. The number of nitrogens with one attached hydrogen (secondary N) is 2. The van der Waals surface area contributed by atoms with Crippen LogP contribution in [0.1, 0.15) is 44.7 Å². The van der Waals surface area contributed by atoms with Crippen molar-refractivity contribution in [1.82, 2.24) is 29.3 Å². The third-order valence-corrected chi connectivity index (χ3v) is 6.76. The van der Waals surface area contributed by atoms with Crippen molar-refractivity contribution in [2.45, 2.75) is 52.2 Å². The van der Waals surface area contributed by atoms with Gasteiger partial charge in [-0.3, -0.25) is 19.0 Å². The van der Waals surface area contributed by atoms with E-state index in [1.54, 1.807) is 10.8 Å². The minimum atomic E-state index is -0.213. The quantitative estimate of drug-likeness (QED) is 0.369. The summed E-state index contributed by atoms with van der Waals surface area (Å²) in [6.45, 7) is 9.55. The summed E-state index contributed by atoms with van der Waals surface area (Å²) in [6.07, 6.45) is 9.52. The highest BCUT2D eigenvalue weighted by atomic mass is 16.1. The van der Waals surface area contributed by atoms with Crippen LogP contribution in [0, 0.1) is 0 Å². The van der Waals surface area contributed by atoms with E-state index < -0.39 is 0 Å². The Balaban J connectivity index is 1.43. The molecule has 0 atom stereocenters. The Morgan fingerprint density at radius 3 is 2.78 bits per heavy atom. The van der Waals surface area contributed by atoms with Crippen LogP contribution in [-0.4, -0.2) is 34.8 Å². The van der Waals surface area contributed by atoms with Gasteiger partial charge in [0.15, 0.2) is 0 Å². The van der Waals surface area contributed by atoms with Crippen LogP contribution in [0.3, 0.4) is 0 Å². The first-order valence-corrected chi connectivity index (χ1v) is 12.3. The topological polar surface area (TPSA) is 93.4 Å². The Hall–Kier alpha value is -4.20. The third kappa shape index (κ3) is 3.79. The molecule has 0 radical (unpaired) electrons. The van der Waals surface area contributed by atoms with Crippen LogP contribution in [0.4, 0.5) is 5.95 Å². The summed E-state index contributed by atoms with van der Waals surface area (Å²) in [5.74, 6) is 0.673. The first kappa shape index (κ1) is 22.3. The minimum absolute atomic E-state index is 0.0326. The Labute approximate surface area is 209 Å². The minimum Gasteiger partial charge on any atom is -0.360 e. The van der Waals surface area contributed by atoms with Crippen LogP contribution in [0.25, 0.3) is 33.3 Å². The largest absolute Gasteiger partial charge is 0.360 e. The van der Waals surface area contributed by atoms with Crippen LogP contribution in [0.15, 0.2) is 66.1 Å². The van der Waals surface area contributed by atoms with Crippen molar-refractivity contribution in [1.29, 1.82) is 0 Å². The molecule has 4 aromatic heterocycles. The fraction of sp³-hybridized carbons (Fsp3) is 0.286. The number of hydrogen-bond donors (Lipinski definition) is 2. The molecule has 0 saturated heterocycles. The molecule has 8 heteroatoms. The van der Waals surface area contributed by atoms with Gasteiger partial charge in [-0.25, -0.2) is 4.98 Å². The van der Waals surface area contributed by atoms with Gasteiger partial charge in [-0.1, -0.05) is 26.0 Å². The number of rotatable bonds is 5. The number of hydrogen-bond acceptors (Lipinski definition) is 5. The highest BCUT2D eigenvalue weighted by Crippen LogP contribution is 2.36. The van der Waals surface area contributed by atoms with E-state index in [-0.39, 0.29) is 17.0 Å². The molecule has 0 fully saturated rings. The smallest absolute Gasteiger partial charge is 0.259 e. The first-order valence-electron chi connectivity index (χ1n) is 12.3. The van der Waals surface area contributed by atoms with Crippen molar-refractivity contribution >= 4 is 16.9 Å². The molecule has 0 saturated carbocycles. The average Bonchev–Trinajstić information content (AvgIpc) is 3.55. The van der Waals surface area contributed by atoms with Gasteiger partial charge in [0.2, 0.25) is 5.95 Å². The Kier molecular flexibility index (Phi) is 5.07. The molecule has 36 heavy (non-hydrogen) atoms. The monoisotopic (exact) mass is 479 g/mol. The SMILES string of the molecule is CC(C)c1c(-c2c[nH]c3ccc(-c4cnn(Cc5cccnc5)c4)cc23)nc2n(c1=O)CC(C)(C)N2. The lowest BCUT2D eigenvalue weighted by Crippen LogP contribution is -2.30. The zero-order valence-electron chi connectivity index (χ0n) is 20.9. The fourth-order valence-corrected chi connectivity index (χ4v) is 5.05. The molecule has 5 aromatic rings. The summed E-state index contributed by atoms with van der Waals surface area (Å²) in [5, 5.41) is 9.00. The third-order valence-electron chi connectivity index (χ3n) is 6.76. The highest BCUT2D eigenvalue weighted by molar-refractivity contribution is 5.98. The number of pyridine rings is 1. The lowest BCUT2D eigenvalue weighted by atomic mass is 9.97. The molecular formula is C28H29N7O. The van der Waals surface area contributed by atoms with Gasteiger partial charge in [0.1, 0.15) is 0 Å². The Morgan fingerprint density at radius 1 is 1.14 bits per heavy atom. The number of fused-ring (bicyclic) bond motifs is 2. The van der Waals surface area contributed by atoms with Crippen molar-refractivity contribution in [2.75, 3.05) is 5.32 Å². The van der Waals surface area contributed by atoms with Gasteiger partial charge in [-0.2, -0.15) is 5.10 Å². The average molecular weight is 480 g/mol. The molecule has 1 aromatic carbocycles. The van der Waals surface area contributed by atoms with E-state index in [0.29, 0.717) is 19.0 Å². The molecule has 1 aliphatic heterocycles. The number of aromatic amines is 1. The number of H-pyrrole nitrogens is 1. The molecule has 6 rings (SSSR count). The van der Waals surface area contributed by atoms with Gasteiger partial charge >= 0.3 is 0 Å². The number of benzene rings is 1. The molecule has 2 N–H and O–H groups in total. The number of nitrogens with zero attached hydrogens (tertiary/aromatic N) is 5. The molecule has 0 spiro atoms. The fourth-order valence-electron chi connectivity index (χ4n) is 5.05. The van der Waals surface area contributed by atoms with Crippen LogP contribution in [-0.2, 0) is 13.1 Å². The van der Waals surface area contributed by atoms with Crippen LogP contribution >= 0.6 is 0 Å². The summed E-state index contributed by atoms with van der Waals surface area (Å²) in [5.41, 5.74) is 6.43. The standard InChI is InChI=1S/C28H29N7O/c1-17(2)24-25(32-27-33-28(3,4)16-35(27)26(24)36)22-13-30-23-8-7-19(10-21(22)23)20-12-31-34(15-20)14-18-6-5-9-29-11-18/h5-13,15,17,30H,14,16H2,1-4H3,(H,32,33). The second kappa shape index (κ2) is 8.19. The maximum absolute atomic E-state index is 13.5. The molecule has 0 amide bonds. The Bertz CT molecular complexity index is 1640. The van der Waals surface area contributed by atoms with E-state index >= 15 is 0 Å². The summed E-state index contributed by atoms with van der Waals surface area (Å²) >= 11 is 0. The normalized spacial score (nSPS) is 14.4. The van der Waals surface area contributed by atoms with Crippen molar-refractivity contribution in [3.63, 3.8) is 0 Å². The van der Waals surface area contributed by atoms with E-state index in [4.69, 9.17) is 4.98 Å². The maximum Gasteiger partial charge on any atom is 0.259 e. The van der Waals surface area contributed by atoms with Gasteiger partial charge in [0, 0.05) is 52.4 Å². The molecule has 0 bridgehead atoms. The van der Waals surface area contributed by atoms with Gasteiger partial charge < -0.3 is 10.3 Å². The van der Waals surface area contributed by atoms with E-state index in [0.717, 1.165) is 44.4 Å².